The van der Waals surface area contributed by atoms with Gasteiger partial charge in [-0.1, -0.05) is 6.07 Å². The number of aliphatic hydroxyl groups is 1. The normalized spacial score (nSPS) is 10.3. The van der Waals surface area contributed by atoms with E-state index in [9.17, 15) is 0 Å². The van der Waals surface area contributed by atoms with Crippen molar-refractivity contribution in [3.63, 3.8) is 0 Å². The molecule has 0 bridgehead atoms. The number of rotatable bonds is 3. The van der Waals surface area contributed by atoms with Crippen LogP contribution in [0, 0.1) is 0 Å². The lowest BCUT2D eigenvalue weighted by Gasteiger charge is -2.09. The van der Waals surface area contributed by atoms with E-state index in [-0.39, 0.29) is 6.61 Å². The number of nitrogens with zero attached hydrogens (tertiary/aromatic N) is 1. The molecule has 0 atom stereocenters. The average molecular weight is 236 g/mol. The van der Waals surface area contributed by atoms with Crippen molar-refractivity contribution < 1.29 is 5.11 Å². The maximum atomic E-state index is 8.66. The Labute approximate surface area is 97.9 Å². The molecule has 5 nitrogen and oxygen atoms in total. The molecule has 4 N–H and O–H groups in total. The summed E-state index contributed by atoms with van der Waals surface area (Å²) < 4.78 is 0. The van der Waals surface area contributed by atoms with Crippen LogP contribution in [0.4, 0.5) is 5.69 Å². The van der Waals surface area contributed by atoms with Crippen LogP contribution in [0.5, 0.6) is 0 Å². The highest BCUT2D eigenvalue weighted by molar-refractivity contribution is 7.80. The Hall–Kier alpha value is -1.66. The molecule has 1 heterocycles. The Balaban J connectivity index is 2.14. The molecule has 0 saturated carbocycles. The van der Waals surface area contributed by atoms with Crippen molar-refractivity contribution >= 4 is 33.9 Å². The topological polar surface area (TPSA) is 73.0 Å². The van der Waals surface area contributed by atoms with E-state index >= 15 is 0 Å². The first kappa shape index (κ1) is 10.8. The Bertz CT molecular complexity index is 496. The van der Waals surface area contributed by atoms with Crippen molar-refractivity contribution in [1.82, 2.24) is 15.5 Å². The van der Waals surface area contributed by atoms with Gasteiger partial charge in [-0.2, -0.15) is 5.10 Å². The van der Waals surface area contributed by atoms with Crippen LogP contribution in [0.25, 0.3) is 10.9 Å². The quantitative estimate of drug-likeness (QED) is 0.594. The van der Waals surface area contributed by atoms with Gasteiger partial charge in [0.25, 0.3) is 0 Å². The Morgan fingerprint density at radius 3 is 3.19 bits per heavy atom. The minimum atomic E-state index is 0.0533. The fourth-order valence-corrected chi connectivity index (χ4v) is 1.63. The van der Waals surface area contributed by atoms with E-state index in [0.29, 0.717) is 11.7 Å². The summed E-state index contributed by atoms with van der Waals surface area (Å²) in [6, 6.07) is 5.78. The van der Waals surface area contributed by atoms with Gasteiger partial charge in [0.05, 0.1) is 24.0 Å². The molecule has 0 amide bonds. The van der Waals surface area contributed by atoms with Gasteiger partial charge in [-0.05, 0) is 24.4 Å². The fourth-order valence-electron chi connectivity index (χ4n) is 1.41. The number of H-pyrrole nitrogens is 1. The third-order valence-corrected chi connectivity index (χ3v) is 2.38. The molecule has 0 radical (unpaired) electrons. The van der Waals surface area contributed by atoms with E-state index in [2.05, 4.69) is 20.8 Å². The van der Waals surface area contributed by atoms with Gasteiger partial charge in [-0.25, -0.2) is 0 Å². The molecule has 6 heteroatoms. The maximum Gasteiger partial charge on any atom is 0.170 e. The van der Waals surface area contributed by atoms with Gasteiger partial charge >= 0.3 is 0 Å². The standard InChI is InChI=1S/C10H12N4OS/c15-5-4-11-10(16)13-8-2-1-3-9-7(8)6-12-14-9/h1-3,6,15H,4-5H2,(H,12,14)(H2,11,13,16). The summed E-state index contributed by atoms with van der Waals surface area (Å²) in [5, 5.41) is 22.9. The number of aromatic nitrogens is 2. The minimum Gasteiger partial charge on any atom is -0.395 e. The number of aliphatic hydroxyl groups excluding tert-OH is 1. The molecule has 0 aliphatic rings. The largest absolute Gasteiger partial charge is 0.395 e. The van der Waals surface area contributed by atoms with Crippen LogP contribution in [-0.2, 0) is 0 Å². The molecule has 84 valence electrons. The number of fused-ring (bicyclic) bond motifs is 1. The molecule has 2 rings (SSSR count). The zero-order chi connectivity index (χ0) is 11.4. The summed E-state index contributed by atoms with van der Waals surface area (Å²) >= 11 is 5.07. The highest BCUT2D eigenvalue weighted by Crippen LogP contribution is 2.20. The third-order valence-electron chi connectivity index (χ3n) is 2.13. The molecule has 0 saturated heterocycles. The predicted molar refractivity (Wildman–Crippen MR) is 67.4 cm³/mol. The average Bonchev–Trinajstić information content (AvgIpc) is 2.75. The summed E-state index contributed by atoms with van der Waals surface area (Å²) in [5.41, 5.74) is 1.84. The van der Waals surface area contributed by atoms with Crippen molar-refractivity contribution in [2.24, 2.45) is 0 Å². The van der Waals surface area contributed by atoms with Crippen molar-refractivity contribution in [2.45, 2.75) is 0 Å². The number of thiocarbonyl (C=S) groups is 1. The second kappa shape index (κ2) is 4.91. The molecule has 0 aliphatic heterocycles. The van der Waals surface area contributed by atoms with Crippen molar-refractivity contribution in [2.75, 3.05) is 18.5 Å². The maximum absolute atomic E-state index is 8.66. The molecule has 2 aromatic rings. The van der Waals surface area contributed by atoms with Crippen LogP contribution in [-0.4, -0.2) is 33.6 Å². The van der Waals surface area contributed by atoms with Gasteiger partial charge in [0, 0.05) is 11.9 Å². The van der Waals surface area contributed by atoms with Gasteiger partial charge in [-0.3, -0.25) is 5.10 Å². The van der Waals surface area contributed by atoms with E-state index in [4.69, 9.17) is 17.3 Å². The molecular weight excluding hydrogens is 224 g/mol. The zero-order valence-electron chi connectivity index (χ0n) is 8.53. The lowest BCUT2D eigenvalue weighted by molar-refractivity contribution is 0.301. The molecule has 0 fully saturated rings. The van der Waals surface area contributed by atoms with Gasteiger partial charge in [0.2, 0.25) is 0 Å². The molecular formula is C10H12N4OS. The molecule has 1 aromatic heterocycles. The molecule has 16 heavy (non-hydrogen) atoms. The Morgan fingerprint density at radius 1 is 1.50 bits per heavy atom. The van der Waals surface area contributed by atoms with Gasteiger partial charge < -0.3 is 15.7 Å². The Morgan fingerprint density at radius 2 is 2.38 bits per heavy atom. The predicted octanol–water partition coefficient (Wildman–Crippen LogP) is 0.842. The van der Waals surface area contributed by atoms with E-state index in [1.165, 1.54) is 0 Å². The first-order valence-corrected chi connectivity index (χ1v) is 5.30. The molecule has 0 aliphatic carbocycles. The summed E-state index contributed by atoms with van der Waals surface area (Å²) in [6.07, 6.45) is 1.74. The minimum absolute atomic E-state index is 0.0533. The van der Waals surface area contributed by atoms with Crippen molar-refractivity contribution in [3.8, 4) is 0 Å². The highest BCUT2D eigenvalue weighted by atomic mass is 32.1. The lowest BCUT2D eigenvalue weighted by Crippen LogP contribution is -2.30. The zero-order valence-corrected chi connectivity index (χ0v) is 9.34. The van der Waals surface area contributed by atoms with Gasteiger partial charge in [0.1, 0.15) is 0 Å². The van der Waals surface area contributed by atoms with E-state index < -0.39 is 0 Å². The van der Waals surface area contributed by atoms with E-state index in [1.54, 1.807) is 6.20 Å². The smallest absolute Gasteiger partial charge is 0.170 e. The molecule has 0 unspecified atom stereocenters. The first-order chi connectivity index (χ1) is 7.81. The van der Waals surface area contributed by atoms with Crippen LogP contribution in [0.3, 0.4) is 0 Å². The number of hydrogen-bond donors (Lipinski definition) is 4. The monoisotopic (exact) mass is 236 g/mol. The second-order valence-corrected chi connectivity index (χ2v) is 3.65. The summed E-state index contributed by atoms with van der Waals surface area (Å²) in [6.45, 7) is 0.491. The fraction of sp³-hybridized carbons (Fsp3) is 0.200. The second-order valence-electron chi connectivity index (χ2n) is 3.24. The van der Waals surface area contributed by atoms with Crippen LogP contribution < -0.4 is 10.6 Å². The molecule has 1 aromatic carbocycles. The van der Waals surface area contributed by atoms with Crippen LogP contribution in [0.2, 0.25) is 0 Å². The summed E-state index contributed by atoms with van der Waals surface area (Å²) in [5.74, 6) is 0. The Kier molecular flexibility index (Phi) is 3.33. The van der Waals surface area contributed by atoms with Crippen LogP contribution in [0.1, 0.15) is 0 Å². The van der Waals surface area contributed by atoms with Gasteiger partial charge in [0.15, 0.2) is 5.11 Å². The summed E-state index contributed by atoms with van der Waals surface area (Å²) in [4.78, 5) is 0. The number of anilines is 1. The van der Waals surface area contributed by atoms with Crippen molar-refractivity contribution in [1.29, 1.82) is 0 Å². The number of nitrogens with one attached hydrogen (secondary N) is 3. The lowest BCUT2D eigenvalue weighted by atomic mass is 10.2. The first-order valence-electron chi connectivity index (χ1n) is 4.89. The molecule has 0 spiro atoms. The SMILES string of the molecule is OCCNC(=S)Nc1cccc2[nH]ncc12. The van der Waals surface area contributed by atoms with Gasteiger partial charge in [-0.15, -0.1) is 0 Å². The van der Waals surface area contributed by atoms with E-state index in [1.807, 2.05) is 18.2 Å². The van der Waals surface area contributed by atoms with Crippen LogP contribution in [0.15, 0.2) is 24.4 Å². The number of benzene rings is 1. The third kappa shape index (κ3) is 2.29. The summed E-state index contributed by atoms with van der Waals surface area (Å²) in [7, 11) is 0. The number of hydrogen-bond acceptors (Lipinski definition) is 3. The highest BCUT2D eigenvalue weighted by Gasteiger charge is 2.03. The van der Waals surface area contributed by atoms with Crippen LogP contribution >= 0.6 is 12.2 Å². The van der Waals surface area contributed by atoms with E-state index in [0.717, 1.165) is 16.6 Å². The number of aromatic amines is 1. The van der Waals surface area contributed by atoms with Crippen molar-refractivity contribution in [3.05, 3.63) is 24.4 Å².